The molecule has 0 amide bonds. The molecule has 1 rings (SSSR count). The van der Waals surface area contributed by atoms with Gasteiger partial charge in [0.25, 0.3) is 0 Å². The van der Waals surface area contributed by atoms with Crippen molar-refractivity contribution in [3.63, 3.8) is 0 Å². The smallest absolute Gasteiger partial charge is 0.159 e. The Morgan fingerprint density at radius 2 is 1.93 bits per heavy atom. The molecule has 0 aliphatic carbocycles. The quantitative estimate of drug-likeness (QED) is 0.685. The Labute approximate surface area is 84.9 Å². The van der Waals surface area contributed by atoms with Gasteiger partial charge in [0, 0.05) is 5.56 Å². The highest BCUT2D eigenvalue weighted by atomic mass is 16.5. The lowest BCUT2D eigenvalue weighted by molar-refractivity contribution is 0.101. The SMILES string of the molecule is CCC(C)Oc1ccc(C(C)=O)cc1. The zero-order valence-corrected chi connectivity index (χ0v) is 8.91. The first kappa shape index (κ1) is 10.8. The molecule has 2 nitrogen and oxygen atoms in total. The fourth-order valence-corrected chi connectivity index (χ4v) is 1.08. The molecule has 2 heteroatoms. The number of ketones is 1. The summed E-state index contributed by atoms with van der Waals surface area (Å²) in [4.78, 5) is 11.0. The van der Waals surface area contributed by atoms with E-state index in [0.717, 1.165) is 17.7 Å². The van der Waals surface area contributed by atoms with Crippen LogP contribution in [0.1, 0.15) is 37.6 Å². The number of benzene rings is 1. The second kappa shape index (κ2) is 4.80. The molecule has 0 N–H and O–H groups in total. The van der Waals surface area contributed by atoms with Crippen molar-refractivity contribution in [2.24, 2.45) is 0 Å². The van der Waals surface area contributed by atoms with E-state index in [0.29, 0.717) is 0 Å². The topological polar surface area (TPSA) is 26.3 Å². The van der Waals surface area contributed by atoms with Crippen LogP contribution in [0.4, 0.5) is 0 Å². The van der Waals surface area contributed by atoms with E-state index >= 15 is 0 Å². The molecule has 0 fully saturated rings. The first-order valence-electron chi connectivity index (χ1n) is 4.91. The summed E-state index contributed by atoms with van der Waals surface area (Å²) in [5, 5.41) is 0. The maximum atomic E-state index is 11.0. The molecule has 0 aliphatic rings. The summed E-state index contributed by atoms with van der Waals surface area (Å²) >= 11 is 0. The summed E-state index contributed by atoms with van der Waals surface area (Å²) in [5.41, 5.74) is 0.724. The first-order valence-corrected chi connectivity index (χ1v) is 4.91. The maximum Gasteiger partial charge on any atom is 0.159 e. The molecule has 76 valence electrons. The highest BCUT2D eigenvalue weighted by Gasteiger charge is 2.02. The summed E-state index contributed by atoms with van der Waals surface area (Å²) in [6.07, 6.45) is 1.20. The van der Waals surface area contributed by atoms with Crippen molar-refractivity contribution < 1.29 is 9.53 Å². The van der Waals surface area contributed by atoms with Crippen molar-refractivity contribution >= 4 is 5.78 Å². The van der Waals surface area contributed by atoms with E-state index in [1.165, 1.54) is 0 Å². The lowest BCUT2D eigenvalue weighted by Gasteiger charge is -2.12. The number of ether oxygens (including phenoxy) is 1. The van der Waals surface area contributed by atoms with Gasteiger partial charge in [0.2, 0.25) is 0 Å². The predicted octanol–water partition coefficient (Wildman–Crippen LogP) is 3.07. The molecule has 0 radical (unpaired) electrons. The molecular weight excluding hydrogens is 176 g/mol. The molecule has 1 unspecified atom stereocenters. The van der Waals surface area contributed by atoms with Crippen LogP contribution < -0.4 is 4.74 Å². The van der Waals surface area contributed by atoms with E-state index in [9.17, 15) is 4.79 Å². The first-order chi connectivity index (χ1) is 6.63. The van der Waals surface area contributed by atoms with Crippen LogP contribution in [-0.4, -0.2) is 11.9 Å². The van der Waals surface area contributed by atoms with E-state index in [2.05, 4.69) is 6.92 Å². The van der Waals surface area contributed by atoms with Gasteiger partial charge in [-0.1, -0.05) is 6.92 Å². The van der Waals surface area contributed by atoms with E-state index in [-0.39, 0.29) is 11.9 Å². The summed E-state index contributed by atoms with van der Waals surface area (Å²) in [6.45, 7) is 5.66. The van der Waals surface area contributed by atoms with Gasteiger partial charge in [-0.3, -0.25) is 4.79 Å². The normalized spacial score (nSPS) is 12.2. The summed E-state index contributed by atoms with van der Waals surface area (Å²) in [6, 6.07) is 7.26. The van der Waals surface area contributed by atoms with Gasteiger partial charge in [-0.15, -0.1) is 0 Å². The predicted molar refractivity (Wildman–Crippen MR) is 56.8 cm³/mol. The standard InChI is InChI=1S/C12H16O2/c1-4-9(2)14-12-7-5-11(6-8-12)10(3)13/h5-9H,4H2,1-3H3. The Bertz CT molecular complexity index is 301. The van der Waals surface area contributed by atoms with Crippen molar-refractivity contribution in [1.82, 2.24) is 0 Å². The molecule has 0 aliphatic heterocycles. The van der Waals surface area contributed by atoms with Gasteiger partial charge in [0.05, 0.1) is 6.10 Å². The van der Waals surface area contributed by atoms with Crippen molar-refractivity contribution in [1.29, 1.82) is 0 Å². The Balaban J connectivity index is 2.68. The molecule has 0 bridgehead atoms. The molecule has 0 heterocycles. The second-order valence-corrected chi connectivity index (χ2v) is 3.42. The van der Waals surface area contributed by atoms with Crippen LogP contribution in [-0.2, 0) is 0 Å². The number of carbonyl (C=O) groups is 1. The van der Waals surface area contributed by atoms with Crippen LogP contribution in [0.5, 0.6) is 5.75 Å². The average Bonchev–Trinajstić information content (AvgIpc) is 2.18. The third-order valence-corrected chi connectivity index (χ3v) is 2.17. The molecule has 0 spiro atoms. The van der Waals surface area contributed by atoms with Crippen molar-refractivity contribution in [3.8, 4) is 5.75 Å². The number of hydrogen-bond acceptors (Lipinski definition) is 2. The van der Waals surface area contributed by atoms with Gasteiger partial charge in [-0.05, 0) is 44.5 Å². The minimum Gasteiger partial charge on any atom is -0.491 e. The van der Waals surface area contributed by atoms with Gasteiger partial charge < -0.3 is 4.74 Å². The highest BCUT2D eigenvalue weighted by molar-refractivity contribution is 5.94. The number of hydrogen-bond donors (Lipinski definition) is 0. The molecule has 0 aromatic heterocycles. The van der Waals surface area contributed by atoms with Crippen LogP contribution in [0.25, 0.3) is 0 Å². The Morgan fingerprint density at radius 3 is 2.36 bits per heavy atom. The van der Waals surface area contributed by atoms with E-state index in [4.69, 9.17) is 4.74 Å². The summed E-state index contributed by atoms with van der Waals surface area (Å²) in [7, 11) is 0. The van der Waals surface area contributed by atoms with Gasteiger partial charge in [0.15, 0.2) is 5.78 Å². The monoisotopic (exact) mass is 192 g/mol. The Morgan fingerprint density at radius 1 is 1.36 bits per heavy atom. The van der Waals surface area contributed by atoms with Crippen molar-refractivity contribution in [2.45, 2.75) is 33.3 Å². The summed E-state index contributed by atoms with van der Waals surface area (Å²) in [5.74, 6) is 0.907. The molecular formula is C12H16O2. The minimum atomic E-state index is 0.0834. The van der Waals surface area contributed by atoms with Crippen LogP contribution in [0.3, 0.4) is 0 Å². The Hall–Kier alpha value is -1.31. The molecule has 1 aromatic rings. The lowest BCUT2D eigenvalue weighted by Crippen LogP contribution is -2.09. The van der Waals surface area contributed by atoms with Gasteiger partial charge in [0.1, 0.15) is 5.75 Å². The van der Waals surface area contributed by atoms with Crippen LogP contribution in [0.2, 0.25) is 0 Å². The molecule has 14 heavy (non-hydrogen) atoms. The number of carbonyl (C=O) groups excluding carboxylic acids is 1. The minimum absolute atomic E-state index is 0.0834. The maximum absolute atomic E-state index is 11.0. The third-order valence-electron chi connectivity index (χ3n) is 2.17. The van der Waals surface area contributed by atoms with Gasteiger partial charge in [-0.2, -0.15) is 0 Å². The Kier molecular flexibility index (Phi) is 3.69. The van der Waals surface area contributed by atoms with E-state index in [1.807, 2.05) is 19.1 Å². The number of Topliss-reactive ketones (excluding diaryl/α,β-unsaturated/α-hetero) is 1. The average molecular weight is 192 g/mol. The van der Waals surface area contributed by atoms with Crippen LogP contribution in [0, 0.1) is 0 Å². The molecule has 1 atom stereocenters. The van der Waals surface area contributed by atoms with Gasteiger partial charge >= 0.3 is 0 Å². The van der Waals surface area contributed by atoms with E-state index < -0.39 is 0 Å². The molecule has 1 aromatic carbocycles. The second-order valence-electron chi connectivity index (χ2n) is 3.42. The fourth-order valence-electron chi connectivity index (χ4n) is 1.08. The van der Waals surface area contributed by atoms with Gasteiger partial charge in [-0.25, -0.2) is 0 Å². The molecule has 0 saturated heterocycles. The van der Waals surface area contributed by atoms with Crippen LogP contribution >= 0.6 is 0 Å². The largest absolute Gasteiger partial charge is 0.491 e. The third kappa shape index (κ3) is 2.87. The van der Waals surface area contributed by atoms with Crippen molar-refractivity contribution in [2.75, 3.05) is 0 Å². The zero-order valence-electron chi connectivity index (χ0n) is 8.91. The lowest BCUT2D eigenvalue weighted by atomic mass is 10.1. The number of rotatable bonds is 4. The molecule has 0 saturated carbocycles. The zero-order chi connectivity index (χ0) is 10.6. The van der Waals surface area contributed by atoms with E-state index in [1.54, 1.807) is 19.1 Å². The highest BCUT2D eigenvalue weighted by Crippen LogP contribution is 2.14. The van der Waals surface area contributed by atoms with Crippen molar-refractivity contribution in [3.05, 3.63) is 29.8 Å². The summed E-state index contributed by atoms with van der Waals surface area (Å²) < 4.78 is 5.59. The fraction of sp³-hybridized carbons (Fsp3) is 0.417. The van der Waals surface area contributed by atoms with Crippen LogP contribution in [0.15, 0.2) is 24.3 Å².